The Balaban J connectivity index is 1.69. The number of anilines is 1. The maximum atomic E-state index is 13.5. The highest BCUT2D eigenvalue weighted by Crippen LogP contribution is 2.35. The molecule has 10 nitrogen and oxygen atoms in total. The van der Waals surface area contributed by atoms with E-state index in [9.17, 15) is 17.6 Å². The van der Waals surface area contributed by atoms with E-state index in [-0.39, 0.29) is 5.82 Å². The average Bonchev–Trinajstić information content (AvgIpc) is 3.48. The van der Waals surface area contributed by atoms with Crippen LogP contribution in [0.1, 0.15) is 70.2 Å². The fourth-order valence-corrected chi connectivity index (χ4v) is 6.18. The topological polar surface area (TPSA) is 142 Å². The highest BCUT2D eigenvalue weighted by atomic mass is 32.2. The van der Waals surface area contributed by atoms with Gasteiger partial charge in [-0.05, 0) is 43.4 Å². The number of nitrogens with zero attached hydrogens (tertiary/aromatic N) is 3. The third-order valence-electron chi connectivity index (χ3n) is 7.01. The van der Waals surface area contributed by atoms with Crippen molar-refractivity contribution in [1.29, 1.82) is 0 Å². The second-order valence-electron chi connectivity index (χ2n) is 9.91. The van der Waals surface area contributed by atoms with Crippen molar-refractivity contribution in [3.8, 4) is 11.1 Å². The molecule has 224 valence electrons. The molecular weight excluding hydrogens is 561 g/mol. The van der Waals surface area contributed by atoms with E-state index >= 15 is 0 Å². The Morgan fingerprint density at radius 1 is 1.14 bits per heavy atom. The summed E-state index contributed by atoms with van der Waals surface area (Å²) in [6.45, 7) is 6.48. The molecule has 1 amide bonds. The average molecular weight is 598 g/mol. The lowest BCUT2D eigenvalue weighted by Crippen LogP contribution is -2.25. The Kier molecular flexibility index (Phi) is 9.79. The molecule has 3 N–H and O–H groups in total. The Labute approximate surface area is 245 Å². The number of amides is 1. The zero-order chi connectivity index (χ0) is 30.4. The number of carbonyl (C=O) groups excluding carboxylic acids is 1. The first-order valence-corrected chi connectivity index (χ1v) is 15.3. The lowest BCUT2D eigenvalue weighted by atomic mass is 9.99. The fourth-order valence-electron chi connectivity index (χ4n) is 4.80. The zero-order valence-corrected chi connectivity index (χ0v) is 25.0. The number of sulfonamides is 1. The molecule has 2 aromatic heterocycles. The quantitative estimate of drug-likeness (QED) is 0.202. The minimum atomic E-state index is -4.23. The van der Waals surface area contributed by atoms with Crippen molar-refractivity contribution >= 4 is 21.7 Å². The molecule has 0 bridgehead atoms. The number of carbonyl (C=O) groups is 1. The SMILES string of the molecule is CCCc1nc(CC)c(C(N)=O)n1Cc1ccc(-c2ccccc2C(OCCF)S(=O)(=O)Nc2noc(C)c2C)cc1. The number of aryl methyl sites for hydroxylation is 3. The number of halogens is 1. The molecule has 0 saturated heterocycles. The number of benzene rings is 2. The Bertz CT molecular complexity index is 1650. The summed E-state index contributed by atoms with van der Waals surface area (Å²) in [7, 11) is -4.23. The van der Waals surface area contributed by atoms with Crippen LogP contribution in [0.15, 0.2) is 53.1 Å². The second-order valence-corrected chi connectivity index (χ2v) is 11.6. The van der Waals surface area contributed by atoms with E-state index in [2.05, 4.69) is 21.8 Å². The van der Waals surface area contributed by atoms with Crippen molar-refractivity contribution in [3.63, 3.8) is 0 Å². The van der Waals surface area contributed by atoms with Crippen LogP contribution in [0, 0.1) is 13.8 Å². The number of nitrogens with two attached hydrogens (primary N) is 1. The van der Waals surface area contributed by atoms with Crippen LogP contribution in [-0.4, -0.2) is 42.3 Å². The van der Waals surface area contributed by atoms with Crippen molar-refractivity contribution in [1.82, 2.24) is 14.7 Å². The van der Waals surface area contributed by atoms with Gasteiger partial charge in [0, 0.05) is 24.1 Å². The number of ether oxygens (including phenoxy) is 1. The minimum absolute atomic E-state index is 0.0479. The van der Waals surface area contributed by atoms with E-state index in [1.807, 2.05) is 35.8 Å². The molecule has 4 rings (SSSR count). The largest absolute Gasteiger partial charge is 0.364 e. The lowest BCUT2D eigenvalue weighted by Gasteiger charge is -2.21. The highest BCUT2D eigenvalue weighted by Gasteiger charge is 2.32. The van der Waals surface area contributed by atoms with Crippen LogP contribution in [0.4, 0.5) is 10.2 Å². The van der Waals surface area contributed by atoms with Crippen molar-refractivity contribution in [2.75, 3.05) is 18.0 Å². The summed E-state index contributed by atoms with van der Waals surface area (Å²) in [6.07, 6.45) is 2.17. The van der Waals surface area contributed by atoms with Crippen LogP contribution in [0.2, 0.25) is 0 Å². The van der Waals surface area contributed by atoms with Gasteiger partial charge in [0.25, 0.3) is 15.9 Å². The molecule has 42 heavy (non-hydrogen) atoms. The Hall–Kier alpha value is -4.03. The van der Waals surface area contributed by atoms with Gasteiger partial charge in [-0.15, -0.1) is 0 Å². The summed E-state index contributed by atoms with van der Waals surface area (Å²) in [6, 6.07) is 14.5. The van der Waals surface area contributed by atoms with E-state index < -0.39 is 34.6 Å². The van der Waals surface area contributed by atoms with Gasteiger partial charge in [0.15, 0.2) is 5.82 Å². The number of imidazole rings is 1. The first kappa shape index (κ1) is 30.9. The third-order valence-corrected chi connectivity index (χ3v) is 8.44. The van der Waals surface area contributed by atoms with Crippen molar-refractivity contribution in [3.05, 3.63) is 88.2 Å². The molecule has 0 fully saturated rings. The molecule has 12 heteroatoms. The van der Waals surface area contributed by atoms with Gasteiger partial charge in [0.2, 0.25) is 5.44 Å². The molecule has 0 radical (unpaired) electrons. The number of hydrogen-bond acceptors (Lipinski definition) is 7. The Morgan fingerprint density at radius 2 is 1.86 bits per heavy atom. The molecule has 0 spiro atoms. The molecule has 0 aliphatic rings. The van der Waals surface area contributed by atoms with Gasteiger partial charge in [0.1, 0.15) is 24.0 Å². The summed E-state index contributed by atoms with van der Waals surface area (Å²) >= 11 is 0. The third kappa shape index (κ3) is 6.55. The van der Waals surface area contributed by atoms with Gasteiger partial charge in [-0.2, -0.15) is 0 Å². The number of aromatic nitrogens is 3. The van der Waals surface area contributed by atoms with Crippen LogP contribution in [0.3, 0.4) is 0 Å². The summed E-state index contributed by atoms with van der Waals surface area (Å²) in [5, 5.41) is 3.79. The van der Waals surface area contributed by atoms with Crippen LogP contribution in [0.5, 0.6) is 0 Å². The van der Waals surface area contributed by atoms with Crippen molar-refractivity contribution in [2.24, 2.45) is 5.73 Å². The summed E-state index contributed by atoms with van der Waals surface area (Å²) < 4.78 is 55.2. The smallest absolute Gasteiger partial charge is 0.267 e. The molecule has 0 aliphatic heterocycles. The summed E-state index contributed by atoms with van der Waals surface area (Å²) in [4.78, 5) is 17.0. The molecule has 0 saturated carbocycles. The van der Waals surface area contributed by atoms with Gasteiger partial charge in [-0.1, -0.05) is 67.5 Å². The fraction of sp³-hybridized carbons (Fsp3) is 0.367. The zero-order valence-electron chi connectivity index (χ0n) is 24.2. The molecule has 1 atom stereocenters. The predicted molar refractivity (Wildman–Crippen MR) is 158 cm³/mol. The van der Waals surface area contributed by atoms with E-state index in [1.165, 1.54) is 0 Å². The van der Waals surface area contributed by atoms with Crippen LogP contribution >= 0.6 is 0 Å². The standard InChI is InChI=1S/C30H36FN5O5S/c1-5-9-26-33-25(6-2)27(28(32)37)36(26)18-21-12-14-22(15-13-21)23-10-7-8-11-24(23)30(40-17-16-31)42(38,39)35-29-19(3)20(4)41-34-29/h7-8,10-15,30H,5-6,9,16-18H2,1-4H3,(H2,32,37)(H,34,35). The molecule has 1 unspecified atom stereocenters. The monoisotopic (exact) mass is 597 g/mol. The maximum absolute atomic E-state index is 13.5. The van der Waals surface area contributed by atoms with E-state index in [1.54, 1.807) is 38.1 Å². The Morgan fingerprint density at radius 3 is 2.45 bits per heavy atom. The molecule has 2 heterocycles. The molecule has 4 aromatic rings. The normalized spacial score (nSPS) is 12.4. The number of alkyl halides is 1. The first-order valence-electron chi connectivity index (χ1n) is 13.8. The predicted octanol–water partition coefficient (Wildman–Crippen LogP) is 5.24. The number of rotatable bonds is 14. The lowest BCUT2D eigenvalue weighted by molar-refractivity contribution is 0.0935. The molecule has 2 aromatic carbocycles. The molecule has 0 aliphatic carbocycles. The van der Waals surface area contributed by atoms with Gasteiger partial charge in [0.05, 0.1) is 12.3 Å². The summed E-state index contributed by atoms with van der Waals surface area (Å²) in [5.74, 6) is 0.811. The van der Waals surface area contributed by atoms with E-state index in [4.69, 9.17) is 15.0 Å². The van der Waals surface area contributed by atoms with E-state index in [0.29, 0.717) is 53.2 Å². The van der Waals surface area contributed by atoms with Crippen molar-refractivity contribution < 1.29 is 26.9 Å². The molecular formula is C30H36FN5O5S. The highest BCUT2D eigenvalue weighted by molar-refractivity contribution is 7.92. The maximum Gasteiger partial charge on any atom is 0.267 e. The van der Waals surface area contributed by atoms with Gasteiger partial charge >= 0.3 is 0 Å². The number of hydrogen-bond donors (Lipinski definition) is 2. The van der Waals surface area contributed by atoms with Crippen LogP contribution in [0.25, 0.3) is 11.1 Å². The van der Waals surface area contributed by atoms with Crippen LogP contribution in [-0.2, 0) is 34.1 Å². The number of primary amides is 1. The second kappa shape index (κ2) is 13.3. The minimum Gasteiger partial charge on any atom is -0.364 e. The number of nitrogens with one attached hydrogen (secondary N) is 1. The first-order chi connectivity index (χ1) is 20.1. The summed E-state index contributed by atoms with van der Waals surface area (Å²) in [5.41, 5.74) is 8.43. The van der Waals surface area contributed by atoms with Gasteiger partial charge < -0.3 is 19.6 Å². The van der Waals surface area contributed by atoms with Gasteiger partial charge in [-0.25, -0.2) is 17.8 Å². The van der Waals surface area contributed by atoms with Crippen LogP contribution < -0.4 is 10.5 Å². The van der Waals surface area contributed by atoms with E-state index in [0.717, 1.165) is 23.4 Å². The van der Waals surface area contributed by atoms with Gasteiger partial charge in [-0.3, -0.25) is 9.52 Å². The van der Waals surface area contributed by atoms with Crippen molar-refractivity contribution in [2.45, 2.75) is 58.9 Å².